The molecule has 1 saturated heterocycles. The summed E-state index contributed by atoms with van der Waals surface area (Å²) in [4.78, 5) is 38.6. The maximum atomic E-state index is 12.5. The number of hydrogen-bond acceptors (Lipinski definition) is 6. The van der Waals surface area contributed by atoms with E-state index < -0.39 is 4.92 Å². The molecule has 0 spiro atoms. The Morgan fingerprint density at radius 1 is 1.19 bits per heavy atom. The van der Waals surface area contributed by atoms with Crippen LogP contribution in [0, 0.1) is 24.0 Å². The summed E-state index contributed by atoms with van der Waals surface area (Å²) in [5, 5.41) is 18.0. The van der Waals surface area contributed by atoms with Crippen LogP contribution < -0.4 is 5.32 Å². The van der Waals surface area contributed by atoms with Crippen molar-refractivity contribution in [3.8, 4) is 0 Å². The largest absolute Gasteiger partial charge is 0.353 e. The summed E-state index contributed by atoms with van der Waals surface area (Å²) in [7, 11) is 0. The van der Waals surface area contributed by atoms with Gasteiger partial charge in [-0.05, 0) is 27.7 Å². The molecule has 0 unspecified atom stereocenters. The highest BCUT2D eigenvalue weighted by Crippen LogP contribution is 2.21. The van der Waals surface area contributed by atoms with Crippen molar-refractivity contribution in [3.63, 3.8) is 0 Å². The molecule has 2 heterocycles. The predicted octanol–water partition coefficient (Wildman–Crippen LogP) is 0.0769. The van der Waals surface area contributed by atoms with E-state index in [1.165, 1.54) is 4.68 Å². The lowest BCUT2D eigenvalue weighted by Gasteiger charge is -2.34. The molecule has 0 radical (unpaired) electrons. The Morgan fingerprint density at radius 3 is 2.31 bits per heavy atom. The van der Waals surface area contributed by atoms with E-state index in [2.05, 4.69) is 10.4 Å². The number of hydrogen-bond donors (Lipinski definition) is 1. The highest BCUT2D eigenvalue weighted by molar-refractivity contribution is 5.78. The van der Waals surface area contributed by atoms with E-state index in [1.807, 2.05) is 18.7 Å². The Morgan fingerprint density at radius 2 is 1.81 bits per heavy atom. The Bertz CT molecular complexity index is 691. The van der Waals surface area contributed by atoms with Crippen molar-refractivity contribution in [1.29, 1.82) is 0 Å². The van der Waals surface area contributed by atoms with Crippen molar-refractivity contribution in [2.45, 2.75) is 40.3 Å². The van der Waals surface area contributed by atoms with Crippen LogP contribution in [-0.2, 0) is 16.1 Å². The van der Waals surface area contributed by atoms with Gasteiger partial charge in [0.15, 0.2) is 0 Å². The molecule has 1 aliphatic rings. The first-order valence-electron chi connectivity index (χ1n) is 8.67. The van der Waals surface area contributed by atoms with Crippen LogP contribution in [0.1, 0.15) is 25.2 Å². The zero-order valence-electron chi connectivity index (χ0n) is 15.7. The minimum absolute atomic E-state index is 0.0188. The van der Waals surface area contributed by atoms with Crippen molar-refractivity contribution in [3.05, 3.63) is 21.5 Å². The Balaban J connectivity index is 1.88. The first-order chi connectivity index (χ1) is 12.2. The number of piperazine rings is 1. The van der Waals surface area contributed by atoms with E-state index in [1.54, 1.807) is 18.7 Å². The van der Waals surface area contributed by atoms with Gasteiger partial charge in [-0.3, -0.25) is 29.3 Å². The molecule has 1 fully saturated rings. The van der Waals surface area contributed by atoms with E-state index in [9.17, 15) is 19.7 Å². The summed E-state index contributed by atoms with van der Waals surface area (Å²) in [6, 6.07) is 0.107. The van der Waals surface area contributed by atoms with Gasteiger partial charge < -0.3 is 10.2 Å². The fourth-order valence-corrected chi connectivity index (χ4v) is 3.06. The molecule has 10 heteroatoms. The molecular formula is C16H26N6O4. The van der Waals surface area contributed by atoms with Crippen LogP contribution in [-0.4, -0.2) is 75.1 Å². The molecule has 2 amide bonds. The number of rotatable bonds is 6. The van der Waals surface area contributed by atoms with Gasteiger partial charge in [-0.2, -0.15) is 5.10 Å². The van der Waals surface area contributed by atoms with Gasteiger partial charge in [-0.1, -0.05) is 0 Å². The molecule has 0 saturated carbocycles. The Kier molecular flexibility index (Phi) is 6.30. The van der Waals surface area contributed by atoms with Crippen molar-refractivity contribution in [1.82, 2.24) is 24.9 Å². The van der Waals surface area contributed by atoms with Gasteiger partial charge in [-0.15, -0.1) is 0 Å². The van der Waals surface area contributed by atoms with Crippen LogP contribution in [0.3, 0.4) is 0 Å². The SMILES string of the molecule is Cc1nn(CC(=O)N2CCN(CC(=O)NC(C)C)CC2)c(C)c1[N+](=O)[O-]. The summed E-state index contributed by atoms with van der Waals surface area (Å²) >= 11 is 0. The first kappa shape index (κ1) is 19.8. The minimum Gasteiger partial charge on any atom is -0.353 e. The van der Waals surface area contributed by atoms with Crippen LogP contribution in [0.15, 0.2) is 0 Å². The number of carbonyl (C=O) groups is 2. The maximum Gasteiger partial charge on any atom is 0.312 e. The number of nitrogens with zero attached hydrogens (tertiary/aromatic N) is 5. The van der Waals surface area contributed by atoms with Crippen LogP contribution >= 0.6 is 0 Å². The molecule has 10 nitrogen and oxygen atoms in total. The molecule has 0 aliphatic carbocycles. The van der Waals surface area contributed by atoms with Crippen molar-refractivity contribution in [2.24, 2.45) is 0 Å². The van der Waals surface area contributed by atoms with E-state index >= 15 is 0 Å². The van der Waals surface area contributed by atoms with Crippen LogP contribution in [0.4, 0.5) is 5.69 Å². The number of aromatic nitrogens is 2. The third-order valence-corrected chi connectivity index (χ3v) is 4.35. The lowest BCUT2D eigenvalue weighted by molar-refractivity contribution is -0.386. The smallest absolute Gasteiger partial charge is 0.312 e. The molecule has 26 heavy (non-hydrogen) atoms. The van der Waals surface area contributed by atoms with Gasteiger partial charge in [0.25, 0.3) is 0 Å². The standard InChI is InChI=1S/C16H26N6O4/c1-11(2)17-14(23)9-19-5-7-20(8-6-19)15(24)10-21-13(4)16(22(25)26)12(3)18-21/h11H,5-10H2,1-4H3,(H,17,23). The van der Waals surface area contributed by atoms with Crippen LogP contribution in [0.25, 0.3) is 0 Å². The Labute approximate surface area is 152 Å². The second-order valence-corrected chi connectivity index (χ2v) is 6.81. The molecule has 1 aliphatic heterocycles. The van der Waals surface area contributed by atoms with Crippen LogP contribution in [0.2, 0.25) is 0 Å². The lowest BCUT2D eigenvalue weighted by Crippen LogP contribution is -2.52. The monoisotopic (exact) mass is 366 g/mol. The molecule has 0 aromatic carbocycles. The van der Waals surface area contributed by atoms with Gasteiger partial charge in [0.1, 0.15) is 17.9 Å². The topological polar surface area (TPSA) is 114 Å². The summed E-state index contributed by atoms with van der Waals surface area (Å²) in [5.41, 5.74) is 0.643. The summed E-state index contributed by atoms with van der Waals surface area (Å²) in [6.07, 6.45) is 0. The average Bonchev–Trinajstić information content (AvgIpc) is 2.81. The van der Waals surface area contributed by atoms with Gasteiger partial charge in [-0.25, -0.2) is 0 Å². The quantitative estimate of drug-likeness (QED) is 0.563. The van der Waals surface area contributed by atoms with Crippen molar-refractivity contribution >= 4 is 17.5 Å². The molecule has 2 rings (SSSR count). The zero-order valence-corrected chi connectivity index (χ0v) is 15.7. The van der Waals surface area contributed by atoms with Crippen molar-refractivity contribution in [2.75, 3.05) is 32.7 Å². The molecule has 0 atom stereocenters. The second-order valence-electron chi connectivity index (χ2n) is 6.81. The molecule has 1 aromatic rings. The Hall–Kier alpha value is -2.49. The highest BCUT2D eigenvalue weighted by Gasteiger charge is 2.26. The third kappa shape index (κ3) is 4.78. The van der Waals surface area contributed by atoms with E-state index in [-0.39, 0.29) is 30.1 Å². The summed E-state index contributed by atoms with van der Waals surface area (Å²) < 4.78 is 1.39. The van der Waals surface area contributed by atoms with E-state index in [0.717, 1.165) is 0 Å². The fourth-order valence-electron chi connectivity index (χ4n) is 3.06. The number of carbonyl (C=O) groups excluding carboxylic acids is 2. The number of nitro groups is 1. The molecule has 1 aromatic heterocycles. The van der Waals surface area contributed by atoms with Crippen molar-refractivity contribution < 1.29 is 14.5 Å². The third-order valence-electron chi connectivity index (χ3n) is 4.35. The van der Waals surface area contributed by atoms with Gasteiger partial charge in [0.05, 0.1) is 11.5 Å². The second kappa shape index (κ2) is 8.26. The zero-order chi connectivity index (χ0) is 19.4. The summed E-state index contributed by atoms with van der Waals surface area (Å²) in [5.74, 6) is -0.147. The maximum absolute atomic E-state index is 12.5. The molecular weight excluding hydrogens is 340 g/mol. The number of amides is 2. The fraction of sp³-hybridized carbons (Fsp3) is 0.688. The van der Waals surface area contributed by atoms with Gasteiger partial charge in [0.2, 0.25) is 11.8 Å². The average molecular weight is 366 g/mol. The lowest BCUT2D eigenvalue weighted by atomic mass is 10.3. The molecule has 144 valence electrons. The predicted molar refractivity (Wildman–Crippen MR) is 94.7 cm³/mol. The highest BCUT2D eigenvalue weighted by atomic mass is 16.6. The minimum atomic E-state index is -0.473. The summed E-state index contributed by atoms with van der Waals surface area (Å²) in [6.45, 7) is 9.57. The van der Waals surface area contributed by atoms with Crippen LogP contribution in [0.5, 0.6) is 0 Å². The first-order valence-corrected chi connectivity index (χ1v) is 8.67. The molecule has 0 bridgehead atoms. The number of aryl methyl sites for hydroxylation is 1. The van der Waals surface area contributed by atoms with Gasteiger partial charge >= 0.3 is 5.69 Å². The molecule has 1 N–H and O–H groups in total. The number of nitrogens with one attached hydrogen (secondary N) is 1. The normalized spacial score (nSPS) is 15.3. The van der Waals surface area contributed by atoms with E-state index in [4.69, 9.17) is 0 Å². The van der Waals surface area contributed by atoms with Gasteiger partial charge in [0, 0.05) is 32.2 Å². The van der Waals surface area contributed by atoms with E-state index in [0.29, 0.717) is 44.1 Å².